The first kappa shape index (κ1) is 19.5. The Morgan fingerprint density at radius 2 is 1.86 bits per heavy atom. The Labute approximate surface area is 175 Å². The summed E-state index contributed by atoms with van der Waals surface area (Å²) < 4.78 is 2.03. The number of hydrogen-bond acceptors (Lipinski definition) is 5. The molecule has 4 rings (SSSR count). The number of carbonyl (C=O) groups is 1. The zero-order valence-electron chi connectivity index (χ0n) is 16.8. The van der Waals surface area contributed by atoms with E-state index in [0.29, 0.717) is 0 Å². The predicted molar refractivity (Wildman–Crippen MR) is 118 cm³/mol. The van der Waals surface area contributed by atoms with Gasteiger partial charge in [0, 0.05) is 37.4 Å². The van der Waals surface area contributed by atoms with Crippen LogP contribution in [0.25, 0.3) is 5.69 Å². The van der Waals surface area contributed by atoms with Gasteiger partial charge in [-0.3, -0.25) is 9.36 Å². The second kappa shape index (κ2) is 8.69. The third-order valence-electron chi connectivity index (χ3n) is 4.89. The maximum Gasteiger partial charge on any atom is 0.234 e. The smallest absolute Gasteiger partial charge is 0.234 e. The lowest BCUT2D eigenvalue weighted by molar-refractivity contribution is -0.113. The van der Waals surface area contributed by atoms with Gasteiger partial charge in [0.05, 0.1) is 11.4 Å². The van der Waals surface area contributed by atoms with Crippen molar-refractivity contribution in [2.75, 3.05) is 29.1 Å². The van der Waals surface area contributed by atoms with Gasteiger partial charge in [0.1, 0.15) is 0 Å². The maximum atomic E-state index is 12.6. The van der Waals surface area contributed by atoms with Crippen molar-refractivity contribution in [2.45, 2.75) is 31.8 Å². The van der Waals surface area contributed by atoms with Crippen LogP contribution in [-0.2, 0) is 4.79 Å². The first-order chi connectivity index (χ1) is 14.1. The standard InChI is InChI=1S/C22H25N5OS/c1-16-12-17(2)14-18(13-16)27-11-8-24-22(27)29-15-20(28)25-19-6-5-7-23-21(19)26-9-3-4-10-26/h5-8,11-14H,3-4,9-10,15H2,1-2H3,(H,25,28). The summed E-state index contributed by atoms with van der Waals surface area (Å²) in [6.07, 6.45) is 7.81. The van der Waals surface area contributed by atoms with Crippen LogP contribution in [0, 0.1) is 13.8 Å². The number of anilines is 2. The quantitative estimate of drug-likeness (QED) is 0.620. The minimum absolute atomic E-state index is 0.0570. The lowest BCUT2D eigenvalue weighted by Gasteiger charge is -2.19. The van der Waals surface area contributed by atoms with Crippen molar-refractivity contribution in [3.8, 4) is 5.69 Å². The van der Waals surface area contributed by atoms with Crippen LogP contribution in [0.4, 0.5) is 11.5 Å². The Morgan fingerprint density at radius 3 is 2.62 bits per heavy atom. The molecule has 0 bridgehead atoms. The normalized spacial score (nSPS) is 13.7. The van der Waals surface area contributed by atoms with Crippen LogP contribution in [0.3, 0.4) is 0 Å². The molecule has 0 spiro atoms. The zero-order chi connectivity index (χ0) is 20.2. The molecule has 3 aromatic rings. The number of rotatable bonds is 6. The van der Waals surface area contributed by atoms with Crippen LogP contribution >= 0.6 is 11.8 Å². The first-order valence-electron chi connectivity index (χ1n) is 9.85. The number of nitrogens with one attached hydrogen (secondary N) is 1. The molecule has 29 heavy (non-hydrogen) atoms. The third kappa shape index (κ3) is 4.62. The summed E-state index contributed by atoms with van der Waals surface area (Å²) in [7, 11) is 0. The molecule has 1 amide bonds. The van der Waals surface area contributed by atoms with E-state index in [-0.39, 0.29) is 11.7 Å². The molecule has 150 valence electrons. The largest absolute Gasteiger partial charge is 0.355 e. The van der Waals surface area contributed by atoms with Gasteiger partial charge < -0.3 is 10.2 Å². The average Bonchev–Trinajstić information content (AvgIpc) is 3.38. The highest BCUT2D eigenvalue weighted by molar-refractivity contribution is 7.99. The van der Waals surface area contributed by atoms with Crippen molar-refractivity contribution in [3.05, 3.63) is 60.0 Å². The molecule has 0 unspecified atom stereocenters. The van der Waals surface area contributed by atoms with Gasteiger partial charge in [0.2, 0.25) is 5.91 Å². The second-order valence-corrected chi connectivity index (χ2v) is 8.27. The van der Waals surface area contributed by atoms with Crippen LogP contribution in [-0.4, -0.2) is 39.3 Å². The fourth-order valence-corrected chi connectivity index (χ4v) is 4.45. The number of benzene rings is 1. The molecule has 0 radical (unpaired) electrons. The van der Waals surface area contributed by atoms with Crippen LogP contribution < -0.4 is 10.2 Å². The maximum absolute atomic E-state index is 12.6. The Kier molecular flexibility index (Phi) is 5.85. The Morgan fingerprint density at radius 1 is 1.10 bits per heavy atom. The van der Waals surface area contributed by atoms with Crippen molar-refractivity contribution < 1.29 is 4.79 Å². The summed E-state index contributed by atoms with van der Waals surface area (Å²) >= 11 is 1.43. The van der Waals surface area contributed by atoms with E-state index in [4.69, 9.17) is 0 Å². The Hall–Kier alpha value is -2.80. The van der Waals surface area contributed by atoms with E-state index in [1.807, 2.05) is 22.9 Å². The lowest BCUT2D eigenvalue weighted by Crippen LogP contribution is -2.23. The molecule has 3 heterocycles. The SMILES string of the molecule is Cc1cc(C)cc(-n2ccnc2SCC(=O)Nc2cccnc2N2CCCC2)c1. The number of amides is 1. The highest BCUT2D eigenvalue weighted by atomic mass is 32.2. The van der Waals surface area contributed by atoms with Crippen LogP contribution in [0.15, 0.2) is 54.1 Å². The average molecular weight is 408 g/mol. The monoisotopic (exact) mass is 407 g/mol. The number of aryl methyl sites for hydroxylation is 2. The molecule has 0 aliphatic carbocycles. The number of carbonyl (C=O) groups excluding carboxylic acids is 1. The third-order valence-corrected chi connectivity index (χ3v) is 5.86. The molecule has 0 saturated carbocycles. The molecule has 6 nitrogen and oxygen atoms in total. The fourth-order valence-electron chi connectivity index (χ4n) is 3.67. The van der Waals surface area contributed by atoms with Gasteiger partial charge in [-0.2, -0.15) is 0 Å². The second-order valence-electron chi connectivity index (χ2n) is 7.33. The van der Waals surface area contributed by atoms with Gasteiger partial charge >= 0.3 is 0 Å². The number of nitrogens with zero attached hydrogens (tertiary/aromatic N) is 4. The number of imidazole rings is 1. The highest BCUT2D eigenvalue weighted by Crippen LogP contribution is 2.27. The van der Waals surface area contributed by atoms with E-state index >= 15 is 0 Å². The van der Waals surface area contributed by atoms with Crippen molar-refractivity contribution in [2.24, 2.45) is 0 Å². The Balaban J connectivity index is 1.43. The molecule has 7 heteroatoms. The summed E-state index contributed by atoms with van der Waals surface area (Å²) in [6, 6.07) is 10.2. The van der Waals surface area contributed by atoms with Gasteiger partial charge in [-0.05, 0) is 62.1 Å². The summed E-state index contributed by atoms with van der Waals surface area (Å²) in [6.45, 7) is 6.14. The minimum Gasteiger partial charge on any atom is -0.355 e. The van der Waals surface area contributed by atoms with E-state index in [1.54, 1.807) is 12.4 Å². The van der Waals surface area contributed by atoms with Gasteiger partial charge in [0.15, 0.2) is 11.0 Å². The fraction of sp³-hybridized carbons (Fsp3) is 0.318. The van der Waals surface area contributed by atoms with E-state index in [2.05, 4.69) is 52.2 Å². The number of pyridine rings is 1. The number of aromatic nitrogens is 3. The molecular weight excluding hydrogens is 382 g/mol. The summed E-state index contributed by atoms with van der Waals surface area (Å²) in [5.41, 5.74) is 4.24. The highest BCUT2D eigenvalue weighted by Gasteiger charge is 2.18. The minimum atomic E-state index is -0.0570. The molecule has 1 aliphatic heterocycles. The van der Waals surface area contributed by atoms with Crippen LogP contribution in [0.5, 0.6) is 0 Å². The van der Waals surface area contributed by atoms with E-state index in [0.717, 1.165) is 35.4 Å². The van der Waals surface area contributed by atoms with E-state index < -0.39 is 0 Å². The van der Waals surface area contributed by atoms with Crippen molar-refractivity contribution in [1.82, 2.24) is 14.5 Å². The molecule has 1 aliphatic rings. The van der Waals surface area contributed by atoms with E-state index in [9.17, 15) is 4.79 Å². The number of hydrogen-bond donors (Lipinski definition) is 1. The molecule has 2 aromatic heterocycles. The van der Waals surface area contributed by atoms with Crippen molar-refractivity contribution in [1.29, 1.82) is 0 Å². The van der Waals surface area contributed by atoms with Crippen LogP contribution in [0.2, 0.25) is 0 Å². The molecular formula is C22H25N5OS. The van der Waals surface area contributed by atoms with E-state index in [1.165, 1.54) is 35.7 Å². The molecule has 0 atom stereocenters. The summed E-state index contributed by atoms with van der Waals surface area (Å²) in [4.78, 5) is 23.8. The topological polar surface area (TPSA) is 63.1 Å². The lowest BCUT2D eigenvalue weighted by atomic mass is 10.1. The molecule has 1 aromatic carbocycles. The molecule has 1 saturated heterocycles. The zero-order valence-corrected chi connectivity index (χ0v) is 17.6. The predicted octanol–water partition coefficient (Wildman–Crippen LogP) is 4.22. The van der Waals surface area contributed by atoms with Crippen LogP contribution in [0.1, 0.15) is 24.0 Å². The van der Waals surface area contributed by atoms with Gasteiger partial charge in [-0.25, -0.2) is 9.97 Å². The van der Waals surface area contributed by atoms with Crippen molar-refractivity contribution in [3.63, 3.8) is 0 Å². The van der Waals surface area contributed by atoms with Gasteiger partial charge in [-0.15, -0.1) is 0 Å². The summed E-state index contributed by atoms with van der Waals surface area (Å²) in [5.74, 6) is 1.09. The molecule has 1 fully saturated rings. The van der Waals surface area contributed by atoms with Gasteiger partial charge in [0.25, 0.3) is 0 Å². The van der Waals surface area contributed by atoms with Crippen molar-refractivity contribution >= 4 is 29.2 Å². The number of thioether (sulfide) groups is 1. The molecule has 1 N–H and O–H groups in total. The van der Waals surface area contributed by atoms with Gasteiger partial charge in [-0.1, -0.05) is 17.8 Å². The Bertz CT molecular complexity index is 990. The first-order valence-corrected chi connectivity index (χ1v) is 10.8. The summed E-state index contributed by atoms with van der Waals surface area (Å²) in [5, 5.41) is 3.83.